The van der Waals surface area contributed by atoms with E-state index in [0.717, 1.165) is 16.7 Å². The predicted octanol–water partition coefficient (Wildman–Crippen LogP) is 3.11. The molecule has 13 heavy (non-hydrogen) atoms. The van der Waals surface area contributed by atoms with Gasteiger partial charge in [-0.05, 0) is 47.7 Å². The quantitative estimate of drug-likeness (QED) is 0.762. The van der Waals surface area contributed by atoms with E-state index in [1.54, 1.807) is 0 Å². The zero-order chi connectivity index (χ0) is 10.4. The SMILES string of the molecule is CCC(C)/C(C)=C(/CO)N=C(C)Br. The highest BCUT2D eigenvalue weighted by molar-refractivity contribution is 9.18. The third-order valence-corrected chi connectivity index (χ3v) is 2.42. The molecule has 0 saturated carbocycles. The van der Waals surface area contributed by atoms with E-state index < -0.39 is 0 Å². The normalized spacial score (nSPS) is 16.9. The molecule has 0 aliphatic rings. The van der Waals surface area contributed by atoms with E-state index in [0.29, 0.717) is 5.92 Å². The Morgan fingerprint density at radius 3 is 2.31 bits per heavy atom. The first-order valence-corrected chi connectivity index (χ1v) is 5.33. The number of halogens is 1. The molecule has 0 rings (SSSR count). The van der Waals surface area contributed by atoms with E-state index in [-0.39, 0.29) is 6.61 Å². The van der Waals surface area contributed by atoms with Gasteiger partial charge in [-0.3, -0.25) is 0 Å². The molecule has 0 heterocycles. The Labute approximate surface area is 88.9 Å². The second-order valence-electron chi connectivity index (χ2n) is 3.21. The van der Waals surface area contributed by atoms with Crippen LogP contribution >= 0.6 is 15.9 Å². The highest BCUT2D eigenvalue weighted by Gasteiger charge is 2.06. The number of hydrogen-bond donors (Lipinski definition) is 1. The largest absolute Gasteiger partial charge is 0.390 e. The van der Waals surface area contributed by atoms with Gasteiger partial charge in [0, 0.05) is 0 Å². The van der Waals surface area contributed by atoms with Crippen LogP contribution in [0.5, 0.6) is 0 Å². The molecule has 0 fully saturated rings. The fourth-order valence-corrected chi connectivity index (χ4v) is 1.24. The van der Waals surface area contributed by atoms with Gasteiger partial charge in [0.25, 0.3) is 0 Å². The van der Waals surface area contributed by atoms with E-state index in [2.05, 4.69) is 34.8 Å². The highest BCUT2D eigenvalue weighted by Crippen LogP contribution is 2.18. The summed E-state index contributed by atoms with van der Waals surface area (Å²) >= 11 is 3.26. The maximum Gasteiger partial charge on any atom is 0.0852 e. The van der Waals surface area contributed by atoms with Crippen molar-refractivity contribution in [2.24, 2.45) is 10.9 Å². The first-order chi connectivity index (χ1) is 6.02. The van der Waals surface area contributed by atoms with Gasteiger partial charge in [-0.1, -0.05) is 13.8 Å². The van der Waals surface area contributed by atoms with Crippen LogP contribution in [0.1, 0.15) is 34.1 Å². The van der Waals surface area contributed by atoms with Crippen LogP contribution in [0.25, 0.3) is 0 Å². The average Bonchev–Trinajstić information content (AvgIpc) is 2.11. The van der Waals surface area contributed by atoms with Crippen molar-refractivity contribution in [2.75, 3.05) is 6.61 Å². The lowest BCUT2D eigenvalue weighted by Gasteiger charge is -2.12. The molecule has 0 amide bonds. The minimum atomic E-state index is 0.0130. The van der Waals surface area contributed by atoms with Crippen LogP contribution in [0.2, 0.25) is 0 Å². The number of hydrogen-bond acceptors (Lipinski definition) is 2. The molecule has 0 aromatic heterocycles. The number of aliphatic hydroxyl groups is 1. The molecule has 0 aliphatic carbocycles. The first-order valence-electron chi connectivity index (χ1n) is 4.54. The third kappa shape index (κ3) is 4.58. The Kier molecular flexibility index (Phi) is 6.25. The Morgan fingerprint density at radius 1 is 1.46 bits per heavy atom. The minimum Gasteiger partial charge on any atom is -0.390 e. The molecule has 3 heteroatoms. The van der Waals surface area contributed by atoms with Crippen LogP contribution in [0.15, 0.2) is 16.3 Å². The van der Waals surface area contributed by atoms with Gasteiger partial charge in [-0.25, -0.2) is 4.99 Å². The smallest absolute Gasteiger partial charge is 0.0852 e. The van der Waals surface area contributed by atoms with Crippen molar-refractivity contribution in [3.05, 3.63) is 11.3 Å². The molecule has 1 N–H and O–H groups in total. The van der Waals surface area contributed by atoms with Crippen molar-refractivity contribution in [2.45, 2.75) is 34.1 Å². The summed E-state index contributed by atoms with van der Waals surface area (Å²) in [6, 6.07) is 0. The molecular formula is C10H18BrNO. The van der Waals surface area contributed by atoms with Gasteiger partial charge in [-0.2, -0.15) is 0 Å². The van der Waals surface area contributed by atoms with Gasteiger partial charge in [0.05, 0.1) is 16.9 Å². The van der Waals surface area contributed by atoms with Gasteiger partial charge in [-0.15, -0.1) is 0 Å². The summed E-state index contributed by atoms with van der Waals surface area (Å²) in [6.45, 7) is 8.18. The highest BCUT2D eigenvalue weighted by atomic mass is 79.9. The minimum absolute atomic E-state index is 0.0130. The summed E-state index contributed by atoms with van der Waals surface area (Å²) in [6.07, 6.45) is 1.08. The van der Waals surface area contributed by atoms with Gasteiger partial charge in [0.2, 0.25) is 0 Å². The Bertz CT molecular complexity index is 217. The van der Waals surface area contributed by atoms with Crippen LogP contribution in [-0.2, 0) is 0 Å². The molecule has 76 valence electrons. The summed E-state index contributed by atoms with van der Waals surface area (Å²) in [5.41, 5.74) is 1.95. The maximum atomic E-state index is 9.10. The number of aliphatic hydroxyl groups excluding tert-OH is 1. The molecule has 1 atom stereocenters. The van der Waals surface area contributed by atoms with Crippen LogP contribution in [0.3, 0.4) is 0 Å². The second kappa shape index (κ2) is 6.33. The summed E-state index contributed by atoms with van der Waals surface area (Å²) in [5.74, 6) is 0.484. The van der Waals surface area contributed by atoms with Crippen LogP contribution in [0.4, 0.5) is 0 Å². The van der Waals surface area contributed by atoms with Gasteiger partial charge in [0.1, 0.15) is 0 Å². The van der Waals surface area contributed by atoms with Crippen molar-refractivity contribution >= 4 is 20.6 Å². The Balaban J connectivity index is 4.79. The number of rotatable bonds is 4. The lowest BCUT2D eigenvalue weighted by Crippen LogP contribution is -2.01. The second-order valence-corrected chi connectivity index (χ2v) is 4.35. The lowest BCUT2D eigenvalue weighted by molar-refractivity contribution is 0.327. The fraction of sp³-hybridized carbons (Fsp3) is 0.700. The predicted molar refractivity (Wildman–Crippen MR) is 61.3 cm³/mol. The molecule has 0 aliphatic heterocycles. The topological polar surface area (TPSA) is 32.6 Å². The molecular weight excluding hydrogens is 230 g/mol. The van der Waals surface area contributed by atoms with Crippen LogP contribution in [-0.4, -0.2) is 16.3 Å². The molecule has 0 aromatic carbocycles. The van der Waals surface area contributed by atoms with Gasteiger partial charge >= 0.3 is 0 Å². The zero-order valence-electron chi connectivity index (χ0n) is 8.76. The molecule has 0 saturated heterocycles. The van der Waals surface area contributed by atoms with Crippen molar-refractivity contribution in [1.82, 2.24) is 0 Å². The first kappa shape index (κ1) is 12.8. The van der Waals surface area contributed by atoms with E-state index in [4.69, 9.17) is 5.11 Å². The molecule has 0 aromatic rings. The van der Waals surface area contributed by atoms with Gasteiger partial charge < -0.3 is 5.11 Å². The maximum absolute atomic E-state index is 9.10. The molecule has 0 radical (unpaired) electrons. The Morgan fingerprint density at radius 2 is 2.00 bits per heavy atom. The summed E-state index contributed by atoms with van der Waals surface area (Å²) in [7, 11) is 0. The summed E-state index contributed by atoms with van der Waals surface area (Å²) in [4.78, 5) is 4.23. The van der Waals surface area contributed by atoms with Crippen LogP contribution in [0, 0.1) is 5.92 Å². The summed E-state index contributed by atoms with van der Waals surface area (Å²) in [5, 5.41) is 9.10. The van der Waals surface area contributed by atoms with Gasteiger partial charge in [0.15, 0.2) is 0 Å². The van der Waals surface area contributed by atoms with E-state index in [1.807, 2.05) is 13.8 Å². The van der Waals surface area contributed by atoms with Crippen molar-refractivity contribution < 1.29 is 5.11 Å². The number of aliphatic imine (C=N–C) groups is 1. The number of allylic oxidation sites excluding steroid dienone is 1. The van der Waals surface area contributed by atoms with E-state index in [9.17, 15) is 0 Å². The van der Waals surface area contributed by atoms with Crippen molar-refractivity contribution in [3.8, 4) is 0 Å². The van der Waals surface area contributed by atoms with Crippen molar-refractivity contribution in [3.63, 3.8) is 0 Å². The Hall–Kier alpha value is -0.150. The number of nitrogens with zero attached hydrogens (tertiary/aromatic N) is 1. The third-order valence-electron chi connectivity index (χ3n) is 2.25. The van der Waals surface area contributed by atoms with E-state index in [1.165, 1.54) is 5.57 Å². The molecule has 0 spiro atoms. The zero-order valence-corrected chi connectivity index (χ0v) is 10.3. The summed E-state index contributed by atoms with van der Waals surface area (Å²) < 4.78 is 0.805. The standard InChI is InChI=1S/C10H18BrNO/c1-5-7(2)8(3)10(6-13)12-9(4)11/h7,13H,5-6H2,1-4H3/b10-8-,12-9?. The molecule has 1 unspecified atom stereocenters. The monoisotopic (exact) mass is 247 g/mol. The molecule has 0 bridgehead atoms. The van der Waals surface area contributed by atoms with Crippen molar-refractivity contribution in [1.29, 1.82) is 0 Å². The molecule has 2 nitrogen and oxygen atoms in total. The lowest BCUT2D eigenvalue weighted by atomic mass is 9.98. The fourth-order valence-electron chi connectivity index (χ4n) is 1.02. The van der Waals surface area contributed by atoms with E-state index >= 15 is 0 Å². The van der Waals surface area contributed by atoms with Crippen LogP contribution < -0.4 is 0 Å². The average molecular weight is 248 g/mol.